The fraction of sp³-hybridized carbons (Fsp3) is 0.474. The lowest BCUT2D eigenvalue weighted by Gasteiger charge is -2.24. The quantitative estimate of drug-likeness (QED) is 0.339. The summed E-state index contributed by atoms with van der Waals surface area (Å²) in [6.45, 7) is 0. The molecule has 0 aliphatic heterocycles. The highest BCUT2D eigenvalue weighted by Crippen LogP contribution is 2.38. The number of hydroxylamine groups is 1. The average molecular weight is 340 g/mol. The Hall–Kier alpha value is -2.54. The van der Waals surface area contributed by atoms with Crippen LogP contribution in [0.25, 0.3) is 0 Å². The van der Waals surface area contributed by atoms with Crippen LogP contribution in [0.1, 0.15) is 32.1 Å². The first kappa shape index (κ1) is 17.3. The summed E-state index contributed by atoms with van der Waals surface area (Å²) in [5.74, 6) is 10.5. The number of amides is 2. The van der Waals surface area contributed by atoms with Crippen molar-refractivity contribution >= 4 is 11.8 Å². The number of hydrogen-bond donors (Lipinski definition) is 4. The van der Waals surface area contributed by atoms with E-state index in [1.165, 1.54) is 18.3 Å². The van der Waals surface area contributed by atoms with Crippen molar-refractivity contribution in [3.8, 4) is 23.7 Å². The maximum absolute atomic E-state index is 12.3. The van der Waals surface area contributed by atoms with Crippen LogP contribution in [0.2, 0.25) is 0 Å². The van der Waals surface area contributed by atoms with E-state index in [4.69, 9.17) is 5.21 Å². The number of rotatable bonds is 4. The number of nitrogens with one attached hydrogen (secondary N) is 2. The third kappa shape index (κ3) is 4.51. The summed E-state index contributed by atoms with van der Waals surface area (Å²) >= 11 is 0. The van der Waals surface area contributed by atoms with E-state index >= 15 is 0 Å². The minimum atomic E-state index is -1.27. The summed E-state index contributed by atoms with van der Waals surface area (Å²) in [6, 6.07) is -1.15. The van der Waals surface area contributed by atoms with Gasteiger partial charge in [0.25, 0.3) is 5.91 Å². The Labute approximate surface area is 146 Å². The average Bonchev–Trinajstić information content (AvgIpc) is 3.54. The van der Waals surface area contributed by atoms with Crippen LogP contribution in [0.15, 0.2) is 23.8 Å². The number of allylic oxidation sites excluding steroid dienone is 3. The minimum absolute atomic E-state index is 0.373. The second-order valence-electron chi connectivity index (χ2n) is 6.68. The molecule has 3 aliphatic rings. The van der Waals surface area contributed by atoms with Gasteiger partial charge in [0.1, 0.15) is 6.04 Å². The van der Waals surface area contributed by atoms with Gasteiger partial charge < -0.3 is 10.4 Å². The van der Waals surface area contributed by atoms with Gasteiger partial charge in [-0.15, -0.1) is 0 Å². The van der Waals surface area contributed by atoms with Gasteiger partial charge in [0.05, 0.1) is 11.5 Å². The summed E-state index contributed by atoms with van der Waals surface area (Å²) in [6.07, 6.45) is 8.93. The fourth-order valence-corrected chi connectivity index (χ4v) is 2.55. The van der Waals surface area contributed by atoms with E-state index in [9.17, 15) is 14.7 Å². The first-order valence-electron chi connectivity index (χ1n) is 8.38. The Balaban J connectivity index is 1.55. The molecule has 6 heteroatoms. The van der Waals surface area contributed by atoms with E-state index < -0.39 is 23.5 Å². The maximum Gasteiger partial charge on any atom is 0.268 e. The smallest absolute Gasteiger partial charge is 0.268 e. The molecule has 2 amide bonds. The number of aliphatic hydroxyl groups is 1. The predicted octanol–water partition coefficient (Wildman–Crippen LogP) is 0.421. The molecule has 0 heterocycles. The zero-order chi connectivity index (χ0) is 17.9. The largest absolute Gasteiger partial charge is 0.387 e. The molecule has 25 heavy (non-hydrogen) atoms. The van der Waals surface area contributed by atoms with Crippen LogP contribution in [-0.4, -0.2) is 33.8 Å². The molecule has 2 saturated carbocycles. The molecule has 0 aromatic rings. The van der Waals surface area contributed by atoms with E-state index in [1.807, 2.05) is 6.08 Å². The Morgan fingerprint density at radius 2 is 2.04 bits per heavy atom. The van der Waals surface area contributed by atoms with Crippen LogP contribution >= 0.6 is 0 Å². The first-order chi connectivity index (χ1) is 12.0. The fourth-order valence-electron chi connectivity index (χ4n) is 2.55. The van der Waals surface area contributed by atoms with Crippen molar-refractivity contribution in [2.24, 2.45) is 11.8 Å². The van der Waals surface area contributed by atoms with E-state index in [-0.39, 0.29) is 5.91 Å². The Kier molecular flexibility index (Phi) is 4.94. The third-order valence-corrected chi connectivity index (χ3v) is 4.52. The van der Waals surface area contributed by atoms with E-state index in [0.717, 1.165) is 5.57 Å². The van der Waals surface area contributed by atoms with Crippen LogP contribution in [0.4, 0.5) is 0 Å². The van der Waals surface area contributed by atoms with E-state index in [0.29, 0.717) is 25.2 Å². The van der Waals surface area contributed by atoms with Gasteiger partial charge >= 0.3 is 0 Å². The summed E-state index contributed by atoms with van der Waals surface area (Å²) in [5, 5.41) is 21.4. The standard InChI is InChI=1S/C19H20N2O4/c22-17(20-16(18(23)21-25)19(24)11-12-19)15-9-7-14(8-10-15)4-2-1-3-13-5-6-13/h7-9,13,15-16,24-25H,5-6,10-12H2,(H,20,22)(H,21,23). The summed E-state index contributed by atoms with van der Waals surface area (Å²) in [7, 11) is 0. The summed E-state index contributed by atoms with van der Waals surface area (Å²) in [4.78, 5) is 24.0. The zero-order valence-electron chi connectivity index (χ0n) is 13.7. The zero-order valence-corrected chi connectivity index (χ0v) is 13.7. The van der Waals surface area contributed by atoms with Crippen LogP contribution in [-0.2, 0) is 9.59 Å². The lowest BCUT2D eigenvalue weighted by atomic mass is 9.95. The van der Waals surface area contributed by atoms with Gasteiger partial charge in [-0.3, -0.25) is 14.8 Å². The van der Waals surface area contributed by atoms with Crippen molar-refractivity contribution in [2.45, 2.75) is 43.7 Å². The molecule has 2 fully saturated rings. The molecule has 0 aromatic heterocycles. The van der Waals surface area contributed by atoms with Crippen molar-refractivity contribution in [3.05, 3.63) is 23.8 Å². The second kappa shape index (κ2) is 7.14. The molecular weight excluding hydrogens is 320 g/mol. The molecule has 2 unspecified atom stereocenters. The first-order valence-corrected chi connectivity index (χ1v) is 8.38. The van der Waals surface area contributed by atoms with Crippen molar-refractivity contribution in [2.75, 3.05) is 0 Å². The molecule has 0 radical (unpaired) electrons. The van der Waals surface area contributed by atoms with Crippen molar-refractivity contribution in [3.63, 3.8) is 0 Å². The highest BCUT2D eigenvalue weighted by atomic mass is 16.5. The van der Waals surface area contributed by atoms with Gasteiger partial charge in [0.15, 0.2) is 0 Å². The lowest BCUT2D eigenvalue weighted by molar-refractivity contribution is -0.139. The Morgan fingerprint density at radius 1 is 1.28 bits per heavy atom. The van der Waals surface area contributed by atoms with Gasteiger partial charge in [0, 0.05) is 11.5 Å². The van der Waals surface area contributed by atoms with Crippen molar-refractivity contribution in [1.29, 1.82) is 0 Å². The summed E-state index contributed by atoms with van der Waals surface area (Å²) in [5.41, 5.74) is 1.03. The highest BCUT2D eigenvalue weighted by Gasteiger charge is 2.52. The molecular formula is C19H20N2O4. The predicted molar refractivity (Wildman–Crippen MR) is 89.6 cm³/mol. The van der Waals surface area contributed by atoms with E-state index in [2.05, 4.69) is 29.0 Å². The minimum Gasteiger partial charge on any atom is -0.387 e. The number of carbonyl (C=O) groups is 2. The van der Waals surface area contributed by atoms with Gasteiger partial charge in [-0.05, 0) is 43.9 Å². The van der Waals surface area contributed by atoms with Crippen LogP contribution in [0, 0.1) is 35.5 Å². The van der Waals surface area contributed by atoms with E-state index in [1.54, 1.807) is 12.2 Å². The van der Waals surface area contributed by atoms with Crippen molar-refractivity contribution in [1.82, 2.24) is 10.8 Å². The Bertz CT molecular complexity index is 752. The molecule has 0 bridgehead atoms. The number of carbonyl (C=O) groups excluding carboxylic acids is 2. The van der Waals surface area contributed by atoms with Crippen LogP contribution in [0.5, 0.6) is 0 Å². The van der Waals surface area contributed by atoms with Crippen LogP contribution < -0.4 is 10.8 Å². The molecule has 0 saturated heterocycles. The van der Waals surface area contributed by atoms with Gasteiger partial charge in [0.2, 0.25) is 5.91 Å². The lowest BCUT2D eigenvalue weighted by Crippen LogP contribution is -2.55. The molecule has 0 spiro atoms. The van der Waals surface area contributed by atoms with Gasteiger partial charge in [-0.25, -0.2) is 5.48 Å². The maximum atomic E-state index is 12.3. The Morgan fingerprint density at radius 3 is 2.60 bits per heavy atom. The van der Waals surface area contributed by atoms with Crippen molar-refractivity contribution < 1.29 is 19.9 Å². The monoisotopic (exact) mass is 340 g/mol. The molecule has 6 nitrogen and oxygen atoms in total. The SMILES string of the molecule is O=C(NC(C(=O)NO)C1(O)CC1)C1C=CC(C#CC#CC2CC2)=CC1. The third-order valence-electron chi connectivity index (χ3n) is 4.52. The molecule has 3 rings (SSSR count). The molecule has 3 aliphatic carbocycles. The summed E-state index contributed by atoms with van der Waals surface area (Å²) < 4.78 is 0. The van der Waals surface area contributed by atoms with Gasteiger partial charge in [-0.2, -0.15) is 0 Å². The molecule has 0 aromatic carbocycles. The highest BCUT2D eigenvalue weighted by molar-refractivity contribution is 5.90. The van der Waals surface area contributed by atoms with Gasteiger partial charge in [-0.1, -0.05) is 30.1 Å². The number of hydrogen-bond acceptors (Lipinski definition) is 4. The van der Waals surface area contributed by atoms with Crippen LogP contribution in [0.3, 0.4) is 0 Å². The normalized spacial score (nSPS) is 23.8. The second-order valence-corrected chi connectivity index (χ2v) is 6.68. The molecule has 4 N–H and O–H groups in total. The molecule has 130 valence electrons. The molecule has 2 atom stereocenters. The topological polar surface area (TPSA) is 98.7 Å².